The molecule has 5 rings (SSSR count). The van der Waals surface area contributed by atoms with E-state index < -0.39 is 0 Å². The number of ketones is 1. The molecule has 0 aromatic heterocycles. The molecule has 2 aliphatic carbocycles. The maximum absolute atomic E-state index is 13.0. The summed E-state index contributed by atoms with van der Waals surface area (Å²) in [5.74, 6) is 4.54. The summed E-state index contributed by atoms with van der Waals surface area (Å²) in [6, 6.07) is 10.6. The fourth-order valence-electron chi connectivity index (χ4n) is 6.05. The van der Waals surface area contributed by atoms with E-state index in [0.29, 0.717) is 40.6 Å². The number of rotatable bonds is 3. The topological polar surface area (TPSA) is 87.6 Å². The molecule has 2 fully saturated rings. The van der Waals surface area contributed by atoms with E-state index in [1.165, 1.54) is 38.5 Å². The summed E-state index contributed by atoms with van der Waals surface area (Å²) in [5, 5.41) is 0. The second-order valence-corrected chi connectivity index (χ2v) is 10.3. The first-order chi connectivity index (χ1) is 16.4. The van der Waals surface area contributed by atoms with Gasteiger partial charge in [0.1, 0.15) is 22.8 Å². The Bertz CT molecular complexity index is 982. The molecule has 0 unspecified atom stereocenters. The van der Waals surface area contributed by atoms with Gasteiger partial charge in [-0.2, -0.15) is 0 Å². The predicted octanol–water partition coefficient (Wildman–Crippen LogP) is 7.39. The molecule has 34 heavy (non-hydrogen) atoms. The quantitative estimate of drug-likeness (QED) is 0.462. The molecule has 1 aliphatic heterocycles. The van der Waals surface area contributed by atoms with Gasteiger partial charge in [0.2, 0.25) is 0 Å². The monoisotopic (exact) mass is 464 g/mol. The number of nitrogen functional groups attached to an aromatic ring is 2. The van der Waals surface area contributed by atoms with Crippen LogP contribution in [0.1, 0.15) is 88.9 Å². The lowest BCUT2D eigenvalue weighted by atomic mass is 9.67. The van der Waals surface area contributed by atoms with Crippen LogP contribution in [0.2, 0.25) is 0 Å². The molecule has 0 amide bonds. The highest BCUT2D eigenvalue weighted by molar-refractivity contribution is 6.00. The van der Waals surface area contributed by atoms with E-state index in [0.717, 1.165) is 30.6 Å². The molecule has 5 heteroatoms. The summed E-state index contributed by atoms with van der Waals surface area (Å²) in [5.41, 5.74) is 13.1. The lowest BCUT2D eigenvalue weighted by Crippen LogP contribution is -2.45. The van der Waals surface area contributed by atoms with Crippen molar-refractivity contribution >= 4 is 17.2 Å². The molecule has 0 saturated heterocycles. The lowest BCUT2D eigenvalue weighted by Gasteiger charge is -2.45. The molecule has 4 N–H and O–H groups in total. The zero-order chi connectivity index (χ0) is 24.3. The van der Waals surface area contributed by atoms with Gasteiger partial charge in [-0.05, 0) is 74.5 Å². The smallest absolute Gasteiger partial charge is 0.170 e. The van der Waals surface area contributed by atoms with Crippen molar-refractivity contribution in [2.75, 3.05) is 11.5 Å². The SMILES string of the molecule is CC.CC1CCC(C2CCC3(CC2)CC(=O)c2ccc(Oc4cc(N)cc(N)c4)cc2O3)CC1. The van der Waals surface area contributed by atoms with E-state index in [1.54, 1.807) is 24.3 Å². The first-order valence-corrected chi connectivity index (χ1v) is 13.1. The van der Waals surface area contributed by atoms with E-state index in [1.807, 2.05) is 26.0 Å². The first kappa shape index (κ1) is 24.4. The van der Waals surface area contributed by atoms with Gasteiger partial charge in [0.05, 0.1) is 12.0 Å². The maximum Gasteiger partial charge on any atom is 0.170 e. The normalized spacial score (nSPS) is 28.3. The van der Waals surface area contributed by atoms with Crippen molar-refractivity contribution < 1.29 is 14.3 Å². The van der Waals surface area contributed by atoms with Crippen molar-refractivity contribution in [2.45, 2.75) is 84.2 Å². The molecule has 0 atom stereocenters. The van der Waals surface area contributed by atoms with Crippen LogP contribution in [-0.2, 0) is 0 Å². The second-order valence-electron chi connectivity index (χ2n) is 10.3. The number of anilines is 2. The second kappa shape index (κ2) is 10.3. The molecule has 2 aromatic rings. The van der Waals surface area contributed by atoms with Gasteiger partial charge in [-0.3, -0.25) is 4.79 Å². The van der Waals surface area contributed by atoms with E-state index in [9.17, 15) is 4.79 Å². The number of hydrogen-bond acceptors (Lipinski definition) is 5. The van der Waals surface area contributed by atoms with Crippen LogP contribution in [0.4, 0.5) is 11.4 Å². The molecule has 0 bridgehead atoms. The Kier molecular flexibility index (Phi) is 7.39. The summed E-state index contributed by atoms with van der Waals surface area (Å²) in [7, 11) is 0. The molecule has 2 saturated carbocycles. The highest BCUT2D eigenvalue weighted by Crippen LogP contribution is 2.48. The number of nitrogens with two attached hydrogens (primary N) is 2. The number of carbonyl (C=O) groups is 1. The number of ether oxygens (including phenoxy) is 2. The zero-order valence-electron chi connectivity index (χ0n) is 20.9. The Balaban J connectivity index is 0.00000133. The Hall–Kier alpha value is -2.69. The minimum absolute atomic E-state index is 0.177. The van der Waals surface area contributed by atoms with Gasteiger partial charge in [-0.25, -0.2) is 0 Å². The van der Waals surface area contributed by atoms with Crippen molar-refractivity contribution in [2.24, 2.45) is 17.8 Å². The van der Waals surface area contributed by atoms with E-state index >= 15 is 0 Å². The highest BCUT2D eigenvalue weighted by atomic mass is 16.5. The molecule has 1 heterocycles. The average Bonchev–Trinajstić information content (AvgIpc) is 2.81. The molecule has 3 aliphatic rings. The van der Waals surface area contributed by atoms with Crippen LogP contribution in [0, 0.1) is 17.8 Å². The van der Waals surface area contributed by atoms with Gasteiger partial charge >= 0.3 is 0 Å². The summed E-state index contributed by atoms with van der Waals surface area (Å²) in [6.07, 6.45) is 10.2. The summed E-state index contributed by atoms with van der Waals surface area (Å²) in [6.45, 7) is 6.38. The number of carbonyl (C=O) groups excluding carboxylic acids is 1. The lowest BCUT2D eigenvalue weighted by molar-refractivity contribution is -0.00912. The van der Waals surface area contributed by atoms with Crippen molar-refractivity contribution in [3.8, 4) is 17.2 Å². The van der Waals surface area contributed by atoms with Gasteiger partial charge in [-0.15, -0.1) is 0 Å². The third-order valence-electron chi connectivity index (χ3n) is 7.92. The van der Waals surface area contributed by atoms with Crippen LogP contribution < -0.4 is 20.9 Å². The number of hydrogen-bond donors (Lipinski definition) is 2. The Labute approximate surface area is 204 Å². The Morgan fingerprint density at radius 3 is 2.12 bits per heavy atom. The molecule has 1 spiro atoms. The summed E-state index contributed by atoms with van der Waals surface area (Å²) in [4.78, 5) is 13.0. The standard InChI is InChI=1S/C27H34N2O3.C2H6/c1-17-2-4-18(5-3-17)19-8-10-27(11-9-19)16-25(30)24-7-6-22(15-26(24)32-27)31-23-13-20(28)12-21(29)14-23;1-2/h6-7,12-15,17-19H,2-5,8-11,16,28-29H2,1H3;1-2H3. The van der Waals surface area contributed by atoms with Crippen molar-refractivity contribution in [3.05, 3.63) is 42.0 Å². The molecular weight excluding hydrogens is 424 g/mol. The minimum atomic E-state index is -0.358. The fraction of sp³-hybridized carbons (Fsp3) is 0.552. The molecule has 2 aromatic carbocycles. The number of fused-ring (bicyclic) bond motifs is 1. The maximum atomic E-state index is 13.0. The largest absolute Gasteiger partial charge is 0.486 e. The highest BCUT2D eigenvalue weighted by Gasteiger charge is 2.44. The van der Waals surface area contributed by atoms with E-state index in [-0.39, 0.29) is 11.4 Å². The number of benzene rings is 2. The van der Waals surface area contributed by atoms with Crippen LogP contribution in [0.3, 0.4) is 0 Å². The predicted molar refractivity (Wildman–Crippen MR) is 139 cm³/mol. The first-order valence-electron chi connectivity index (χ1n) is 13.1. The van der Waals surface area contributed by atoms with E-state index in [4.69, 9.17) is 20.9 Å². The Morgan fingerprint density at radius 2 is 1.47 bits per heavy atom. The van der Waals surface area contributed by atoms with Crippen LogP contribution in [0.15, 0.2) is 36.4 Å². The van der Waals surface area contributed by atoms with Crippen LogP contribution in [0.25, 0.3) is 0 Å². The van der Waals surface area contributed by atoms with Gasteiger partial charge < -0.3 is 20.9 Å². The zero-order valence-corrected chi connectivity index (χ0v) is 20.9. The number of Topliss-reactive ketones (excluding diaryl/α,β-unsaturated/α-hetero) is 1. The molecule has 5 nitrogen and oxygen atoms in total. The van der Waals surface area contributed by atoms with Crippen LogP contribution in [0.5, 0.6) is 17.2 Å². The minimum Gasteiger partial charge on any atom is -0.486 e. The Morgan fingerprint density at radius 1 is 0.853 bits per heavy atom. The third-order valence-corrected chi connectivity index (χ3v) is 7.92. The van der Waals surface area contributed by atoms with E-state index in [2.05, 4.69) is 6.92 Å². The van der Waals surface area contributed by atoms with Gasteiger partial charge in [0.25, 0.3) is 0 Å². The molecule has 0 radical (unpaired) electrons. The fourth-order valence-corrected chi connectivity index (χ4v) is 6.05. The van der Waals surface area contributed by atoms with Gasteiger partial charge in [0, 0.05) is 29.6 Å². The van der Waals surface area contributed by atoms with Crippen LogP contribution >= 0.6 is 0 Å². The van der Waals surface area contributed by atoms with Gasteiger partial charge in [-0.1, -0.05) is 33.6 Å². The summed E-state index contributed by atoms with van der Waals surface area (Å²) < 4.78 is 12.5. The van der Waals surface area contributed by atoms with Crippen molar-refractivity contribution in [3.63, 3.8) is 0 Å². The summed E-state index contributed by atoms with van der Waals surface area (Å²) >= 11 is 0. The molecule has 184 valence electrons. The van der Waals surface area contributed by atoms with Crippen molar-refractivity contribution in [1.82, 2.24) is 0 Å². The average molecular weight is 465 g/mol. The molecular formula is C29H40N2O3. The third kappa shape index (κ3) is 5.34. The van der Waals surface area contributed by atoms with Gasteiger partial charge in [0.15, 0.2) is 5.78 Å². The van der Waals surface area contributed by atoms with Crippen molar-refractivity contribution in [1.29, 1.82) is 0 Å². The van der Waals surface area contributed by atoms with Crippen LogP contribution in [-0.4, -0.2) is 11.4 Å².